The molecule has 0 spiro atoms. The van der Waals surface area contributed by atoms with Gasteiger partial charge in [-0.2, -0.15) is 0 Å². The maximum atomic E-state index is 6.54. The number of fused-ring (bicyclic) bond motifs is 6. The molecule has 0 N–H and O–H groups in total. The molecular weight excluding hydrogens is 822 g/mol. The van der Waals surface area contributed by atoms with Gasteiger partial charge in [-0.05, 0) is 67.7 Å². The van der Waals surface area contributed by atoms with Gasteiger partial charge < -0.3 is 14.4 Å². The molecule has 264 valence electrons. The van der Waals surface area contributed by atoms with Crippen molar-refractivity contribution in [3.8, 4) is 0 Å². The van der Waals surface area contributed by atoms with Crippen molar-refractivity contribution in [2.45, 2.75) is 89.5 Å². The van der Waals surface area contributed by atoms with Crippen molar-refractivity contribution in [2.24, 2.45) is 9.98 Å². The van der Waals surface area contributed by atoms with Crippen LogP contribution in [0.3, 0.4) is 0 Å². The van der Waals surface area contributed by atoms with E-state index in [2.05, 4.69) is 162 Å². The van der Waals surface area contributed by atoms with Crippen LogP contribution >= 0.6 is 0 Å². The molecule has 2 heterocycles. The SMILES string of the molecule is CC(C)(C)c1cc(N(c2[c-]c(C3=NC4c5ccccc5CC4O3)ccc2)c2[c-]c(C3=NC4c5ccccc5CC4O3)ccc2)cc(C(C)(C)C)c1.[Pt+2]. The molecule has 0 saturated heterocycles. The number of aliphatic imine (C=N–C) groups is 2. The molecule has 0 bridgehead atoms. The minimum Gasteiger partial charge on any atom is -0.514 e. The van der Waals surface area contributed by atoms with Gasteiger partial charge in [0.2, 0.25) is 0 Å². The van der Waals surface area contributed by atoms with Crippen molar-refractivity contribution in [1.29, 1.82) is 0 Å². The average Bonchev–Trinajstić information content (AvgIpc) is 3.87. The Bertz CT molecular complexity index is 2090. The fourth-order valence-electron chi connectivity index (χ4n) is 7.90. The second kappa shape index (κ2) is 12.9. The van der Waals surface area contributed by atoms with Gasteiger partial charge in [0.25, 0.3) is 0 Å². The Morgan fingerprint density at radius 2 is 1.02 bits per heavy atom. The topological polar surface area (TPSA) is 46.4 Å². The summed E-state index contributed by atoms with van der Waals surface area (Å²) in [4.78, 5) is 12.5. The molecule has 5 aromatic carbocycles. The first-order valence-electron chi connectivity index (χ1n) is 18.2. The van der Waals surface area contributed by atoms with Gasteiger partial charge in [-0.25, -0.2) is 0 Å². The second-order valence-corrected chi connectivity index (χ2v) is 16.4. The van der Waals surface area contributed by atoms with Gasteiger partial charge in [0.1, 0.15) is 36.1 Å². The zero-order chi connectivity index (χ0) is 35.1. The van der Waals surface area contributed by atoms with Crippen LogP contribution < -0.4 is 4.90 Å². The maximum Gasteiger partial charge on any atom is 2.00 e. The average molecular weight is 865 g/mol. The van der Waals surface area contributed by atoms with Crippen molar-refractivity contribution in [2.75, 3.05) is 4.90 Å². The van der Waals surface area contributed by atoms with E-state index >= 15 is 0 Å². The van der Waals surface area contributed by atoms with E-state index in [1.165, 1.54) is 33.4 Å². The van der Waals surface area contributed by atoms with Crippen LogP contribution in [0.1, 0.15) is 98.1 Å². The number of hydrogen-bond acceptors (Lipinski definition) is 5. The Morgan fingerprint density at radius 1 is 0.577 bits per heavy atom. The van der Waals surface area contributed by atoms with E-state index in [1.807, 2.05) is 0 Å². The van der Waals surface area contributed by atoms with Crippen molar-refractivity contribution in [1.82, 2.24) is 0 Å². The van der Waals surface area contributed by atoms with Crippen LogP contribution in [0, 0.1) is 12.1 Å². The molecule has 4 aliphatic rings. The van der Waals surface area contributed by atoms with Gasteiger partial charge in [-0.1, -0.05) is 107 Å². The second-order valence-electron chi connectivity index (χ2n) is 16.4. The number of ether oxygens (including phenoxy) is 2. The minimum absolute atomic E-state index is 0. The molecule has 9 rings (SSSR count). The molecule has 4 atom stereocenters. The van der Waals surface area contributed by atoms with Crippen molar-refractivity contribution in [3.63, 3.8) is 0 Å². The third kappa shape index (κ3) is 6.11. The minimum atomic E-state index is -0.0558. The molecule has 6 heteroatoms. The molecule has 0 saturated carbocycles. The predicted octanol–water partition coefficient (Wildman–Crippen LogP) is 10.2. The molecule has 0 amide bonds. The summed E-state index contributed by atoms with van der Waals surface area (Å²) in [5, 5.41) is 0. The standard InChI is InChI=1S/C46H43N3O2.Pt/c1-45(2,3)32-25-33(46(4,5)6)27-36(26-32)49(34-17-11-15-30(21-34)43-47-41-37-19-9-7-13-28(37)23-39(41)50-43)35-18-12-16-31(22-35)44-48-42-38-20-10-8-14-29(38)24-40(42)51-44;/h7-20,25-27,39-42H,23-24H2,1-6H3;/q-2;+2. The van der Waals surface area contributed by atoms with Gasteiger partial charge in [-0.3, -0.25) is 9.98 Å². The number of anilines is 3. The summed E-state index contributed by atoms with van der Waals surface area (Å²) < 4.78 is 13.1. The molecule has 0 aromatic heterocycles. The molecule has 2 aliphatic carbocycles. The smallest absolute Gasteiger partial charge is 0.514 e. The van der Waals surface area contributed by atoms with Gasteiger partial charge in [-0.15, -0.1) is 48.5 Å². The number of rotatable bonds is 5. The van der Waals surface area contributed by atoms with Crippen LogP contribution in [0.5, 0.6) is 0 Å². The summed E-state index contributed by atoms with van der Waals surface area (Å²) in [6, 6.07) is 44.1. The van der Waals surface area contributed by atoms with E-state index in [1.54, 1.807) is 0 Å². The molecule has 2 aliphatic heterocycles. The normalized spacial score (nSPS) is 21.1. The Balaban J connectivity index is 0.00000387. The summed E-state index contributed by atoms with van der Waals surface area (Å²) in [6.45, 7) is 13.7. The van der Waals surface area contributed by atoms with Crippen LogP contribution in [0.25, 0.3) is 0 Å². The first kappa shape index (κ1) is 34.6. The Labute approximate surface area is 322 Å². The summed E-state index contributed by atoms with van der Waals surface area (Å²) in [5.41, 5.74) is 12.1. The predicted molar refractivity (Wildman–Crippen MR) is 205 cm³/mol. The number of nitrogens with zero attached hydrogens (tertiary/aromatic N) is 3. The van der Waals surface area contributed by atoms with Crippen molar-refractivity contribution >= 4 is 28.9 Å². The fraction of sp³-hybridized carbons (Fsp3) is 0.304. The van der Waals surface area contributed by atoms with E-state index in [4.69, 9.17) is 19.5 Å². The zero-order valence-corrected chi connectivity index (χ0v) is 32.8. The van der Waals surface area contributed by atoms with Gasteiger partial charge in [0.15, 0.2) is 0 Å². The molecule has 0 radical (unpaired) electrons. The summed E-state index contributed by atoms with van der Waals surface area (Å²) in [6.07, 6.45) is 1.78. The van der Waals surface area contributed by atoms with Crippen LogP contribution in [-0.4, -0.2) is 24.0 Å². The Morgan fingerprint density at radius 3 is 1.46 bits per heavy atom. The van der Waals surface area contributed by atoms with Gasteiger partial charge in [0, 0.05) is 18.5 Å². The van der Waals surface area contributed by atoms with E-state index in [0.29, 0.717) is 11.8 Å². The summed E-state index contributed by atoms with van der Waals surface area (Å²) in [7, 11) is 0. The van der Waals surface area contributed by atoms with Gasteiger partial charge >= 0.3 is 21.1 Å². The molecule has 5 nitrogen and oxygen atoms in total. The molecular formula is C46H43N3O2Pt. The Kier molecular flexibility index (Phi) is 8.57. The fourth-order valence-corrected chi connectivity index (χ4v) is 7.90. The molecule has 4 unspecified atom stereocenters. The van der Waals surface area contributed by atoms with E-state index in [0.717, 1.165) is 41.0 Å². The van der Waals surface area contributed by atoms with E-state index in [9.17, 15) is 0 Å². The number of benzene rings is 5. The van der Waals surface area contributed by atoms with Gasteiger partial charge in [0.05, 0.1) is 0 Å². The monoisotopic (exact) mass is 864 g/mol. The molecule has 5 aromatic rings. The largest absolute Gasteiger partial charge is 2.00 e. The Hall–Kier alpha value is -4.47. The zero-order valence-electron chi connectivity index (χ0n) is 30.5. The van der Waals surface area contributed by atoms with Crippen LogP contribution in [-0.2, 0) is 54.2 Å². The number of hydrogen-bond donors (Lipinski definition) is 0. The van der Waals surface area contributed by atoms with Crippen LogP contribution in [0.2, 0.25) is 0 Å². The molecule has 0 fully saturated rings. The van der Waals surface area contributed by atoms with E-state index < -0.39 is 0 Å². The molecule has 52 heavy (non-hydrogen) atoms. The third-order valence-electron chi connectivity index (χ3n) is 10.7. The summed E-state index contributed by atoms with van der Waals surface area (Å²) in [5.74, 6) is 1.30. The van der Waals surface area contributed by atoms with Crippen molar-refractivity contribution < 1.29 is 30.5 Å². The quantitative estimate of drug-likeness (QED) is 0.165. The van der Waals surface area contributed by atoms with Crippen LogP contribution in [0.4, 0.5) is 17.1 Å². The van der Waals surface area contributed by atoms with E-state index in [-0.39, 0.29) is 56.2 Å². The third-order valence-corrected chi connectivity index (χ3v) is 10.7. The first-order valence-corrected chi connectivity index (χ1v) is 18.2. The summed E-state index contributed by atoms with van der Waals surface area (Å²) >= 11 is 0. The first-order chi connectivity index (χ1) is 24.5. The van der Waals surface area contributed by atoms with Crippen LogP contribution in [0.15, 0.2) is 113 Å². The van der Waals surface area contributed by atoms with Crippen molar-refractivity contribution in [3.05, 3.63) is 160 Å². The maximum absolute atomic E-state index is 6.54.